The Morgan fingerprint density at radius 2 is 1.54 bits per heavy atom. The topological polar surface area (TPSA) is 21.3 Å². The van der Waals surface area contributed by atoms with Crippen molar-refractivity contribution in [1.82, 2.24) is 0 Å². The molecule has 3 aromatic rings. The fourth-order valence-corrected chi connectivity index (χ4v) is 2.47. The molecule has 3 rings (SSSR count). The number of nitrogens with one attached hydrogen (secondary N) is 1. The van der Waals surface area contributed by atoms with E-state index < -0.39 is 0 Å². The molecule has 0 saturated carbocycles. The van der Waals surface area contributed by atoms with Crippen LogP contribution in [0.1, 0.15) is 24.1 Å². The van der Waals surface area contributed by atoms with Crippen LogP contribution in [0, 0.1) is 5.82 Å². The average Bonchev–Trinajstić information content (AvgIpc) is 2.63. The normalized spacial score (nSPS) is 11.8. The maximum Gasteiger partial charge on any atom is 0.123 e. The zero-order chi connectivity index (χ0) is 16.8. The van der Waals surface area contributed by atoms with E-state index in [1.165, 1.54) is 12.1 Å². The lowest BCUT2D eigenvalue weighted by Gasteiger charge is -2.16. The molecule has 2 nitrogen and oxygen atoms in total. The fraction of sp³-hybridized carbons (Fsp3) is 0.143. The van der Waals surface area contributed by atoms with Crippen molar-refractivity contribution in [1.29, 1.82) is 0 Å². The lowest BCUT2D eigenvalue weighted by molar-refractivity contribution is 0.306. The van der Waals surface area contributed by atoms with Gasteiger partial charge in [-0.05, 0) is 54.4 Å². The molecule has 0 radical (unpaired) electrons. The van der Waals surface area contributed by atoms with Crippen LogP contribution in [0.3, 0.4) is 0 Å². The molecule has 0 spiro atoms. The molecule has 0 heterocycles. The molecule has 24 heavy (non-hydrogen) atoms. The molecule has 0 saturated heterocycles. The third-order valence-electron chi connectivity index (χ3n) is 3.86. The van der Waals surface area contributed by atoms with E-state index in [4.69, 9.17) is 4.74 Å². The maximum atomic E-state index is 12.9. The highest BCUT2D eigenvalue weighted by Crippen LogP contribution is 2.22. The standard InChI is InChI=1S/C21H20FNO/c1-16(23-20-11-9-19(22)10-12-20)18-7-13-21(14-8-18)24-15-17-5-3-2-4-6-17/h2-14,16,23H,15H2,1H3. The molecule has 0 aliphatic carbocycles. The van der Waals surface area contributed by atoms with Gasteiger partial charge in [-0.3, -0.25) is 0 Å². The van der Waals surface area contributed by atoms with Crippen LogP contribution in [-0.2, 0) is 6.61 Å². The SMILES string of the molecule is CC(Nc1ccc(F)cc1)c1ccc(OCc2ccccc2)cc1. The highest BCUT2D eigenvalue weighted by Gasteiger charge is 2.06. The van der Waals surface area contributed by atoms with Gasteiger partial charge >= 0.3 is 0 Å². The number of halogens is 1. The number of hydrogen-bond donors (Lipinski definition) is 1. The summed E-state index contributed by atoms with van der Waals surface area (Å²) in [5, 5.41) is 3.36. The summed E-state index contributed by atoms with van der Waals surface area (Å²) in [6.45, 7) is 2.63. The van der Waals surface area contributed by atoms with Crippen LogP contribution in [0.15, 0.2) is 78.9 Å². The van der Waals surface area contributed by atoms with Crippen molar-refractivity contribution in [3.05, 3.63) is 95.8 Å². The summed E-state index contributed by atoms with van der Waals surface area (Å²) in [5.41, 5.74) is 3.19. The minimum Gasteiger partial charge on any atom is -0.489 e. The summed E-state index contributed by atoms with van der Waals surface area (Å²) >= 11 is 0. The number of hydrogen-bond acceptors (Lipinski definition) is 2. The van der Waals surface area contributed by atoms with Crippen LogP contribution in [-0.4, -0.2) is 0 Å². The van der Waals surface area contributed by atoms with Gasteiger partial charge in [-0.25, -0.2) is 4.39 Å². The molecular formula is C21H20FNO. The first kappa shape index (κ1) is 16.1. The van der Waals surface area contributed by atoms with E-state index in [0.717, 1.165) is 22.6 Å². The second-order valence-corrected chi connectivity index (χ2v) is 5.72. The van der Waals surface area contributed by atoms with Crippen LogP contribution in [0.4, 0.5) is 10.1 Å². The van der Waals surface area contributed by atoms with Gasteiger partial charge in [0.05, 0.1) is 0 Å². The number of ether oxygens (including phenoxy) is 1. The van der Waals surface area contributed by atoms with Gasteiger partial charge in [-0.15, -0.1) is 0 Å². The third-order valence-corrected chi connectivity index (χ3v) is 3.86. The third kappa shape index (κ3) is 4.35. The Hall–Kier alpha value is -2.81. The first-order valence-corrected chi connectivity index (χ1v) is 7.99. The largest absolute Gasteiger partial charge is 0.489 e. The van der Waals surface area contributed by atoms with Crippen LogP contribution in [0.25, 0.3) is 0 Å². The number of rotatable bonds is 6. The highest BCUT2D eigenvalue weighted by atomic mass is 19.1. The highest BCUT2D eigenvalue weighted by molar-refractivity contribution is 5.45. The van der Waals surface area contributed by atoms with Gasteiger partial charge < -0.3 is 10.1 Å². The van der Waals surface area contributed by atoms with Gasteiger partial charge in [0.25, 0.3) is 0 Å². The Balaban J connectivity index is 1.58. The smallest absolute Gasteiger partial charge is 0.123 e. The van der Waals surface area contributed by atoms with Gasteiger partial charge in [-0.2, -0.15) is 0 Å². The summed E-state index contributed by atoms with van der Waals surface area (Å²) < 4.78 is 18.7. The van der Waals surface area contributed by atoms with Crippen molar-refractivity contribution >= 4 is 5.69 Å². The Morgan fingerprint density at radius 3 is 2.21 bits per heavy atom. The van der Waals surface area contributed by atoms with Gasteiger partial charge in [0.15, 0.2) is 0 Å². The first-order valence-electron chi connectivity index (χ1n) is 7.99. The van der Waals surface area contributed by atoms with Crippen molar-refractivity contribution in [3.63, 3.8) is 0 Å². The monoisotopic (exact) mass is 321 g/mol. The van der Waals surface area contributed by atoms with Crippen LogP contribution < -0.4 is 10.1 Å². The summed E-state index contributed by atoms with van der Waals surface area (Å²) in [5.74, 6) is 0.615. The molecule has 0 aliphatic heterocycles. The van der Waals surface area contributed by atoms with E-state index >= 15 is 0 Å². The van der Waals surface area contributed by atoms with E-state index in [1.807, 2.05) is 54.6 Å². The molecular weight excluding hydrogens is 301 g/mol. The van der Waals surface area contributed by atoms with Crippen molar-refractivity contribution < 1.29 is 9.13 Å². The van der Waals surface area contributed by atoms with Gasteiger partial charge in [0.2, 0.25) is 0 Å². The van der Waals surface area contributed by atoms with Crippen molar-refractivity contribution in [2.75, 3.05) is 5.32 Å². The molecule has 0 fully saturated rings. The van der Waals surface area contributed by atoms with E-state index in [1.54, 1.807) is 12.1 Å². The van der Waals surface area contributed by atoms with Crippen molar-refractivity contribution in [3.8, 4) is 5.75 Å². The van der Waals surface area contributed by atoms with Gasteiger partial charge in [0, 0.05) is 11.7 Å². The lowest BCUT2D eigenvalue weighted by atomic mass is 10.1. The molecule has 0 bridgehead atoms. The van der Waals surface area contributed by atoms with E-state index in [2.05, 4.69) is 12.2 Å². The van der Waals surface area contributed by atoms with Crippen LogP contribution >= 0.6 is 0 Å². The molecule has 0 amide bonds. The molecule has 3 heteroatoms. The molecule has 0 aromatic heterocycles. The second-order valence-electron chi connectivity index (χ2n) is 5.72. The predicted molar refractivity (Wildman–Crippen MR) is 95.7 cm³/mol. The second kappa shape index (κ2) is 7.64. The Morgan fingerprint density at radius 1 is 0.875 bits per heavy atom. The quantitative estimate of drug-likeness (QED) is 0.640. The minimum absolute atomic E-state index is 0.124. The summed E-state index contributed by atoms with van der Waals surface area (Å²) in [6.07, 6.45) is 0. The number of anilines is 1. The Bertz CT molecular complexity index is 754. The van der Waals surface area contributed by atoms with Gasteiger partial charge in [-0.1, -0.05) is 42.5 Å². The average molecular weight is 321 g/mol. The van der Waals surface area contributed by atoms with Gasteiger partial charge in [0.1, 0.15) is 18.2 Å². The van der Waals surface area contributed by atoms with E-state index in [0.29, 0.717) is 6.61 Å². The molecule has 1 unspecified atom stereocenters. The minimum atomic E-state index is -0.229. The summed E-state index contributed by atoms with van der Waals surface area (Å²) in [4.78, 5) is 0. The first-order chi connectivity index (χ1) is 11.7. The van der Waals surface area contributed by atoms with Crippen LogP contribution in [0.2, 0.25) is 0 Å². The zero-order valence-corrected chi connectivity index (χ0v) is 13.6. The number of benzene rings is 3. The summed E-state index contributed by atoms with van der Waals surface area (Å²) in [6, 6.07) is 24.6. The zero-order valence-electron chi connectivity index (χ0n) is 13.6. The Labute approximate surface area is 141 Å². The maximum absolute atomic E-state index is 12.9. The molecule has 1 N–H and O–H groups in total. The van der Waals surface area contributed by atoms with Crippen molar-refractivity contribution in [2.24, 2.45) is 0 Å². The molecule has 0 aliphatic rings. The lowest BCUT2D eigenvalue weighted by Crippen LogP contribution is -2.06. The Kier molecular flexibility index (Phi) is 5.12. The van der Waals surface area contributed by atoms with Crippen LogP contribution in [0.5, 0.6) is 5.75 Å². The van der Waals surface area contributed by atoms with E-state index in [9.17, 15) is 4.39 Å². The predicted octanol–water partition coefficient (Wildman–Crippen LogP) is 5.58. The summed E-state index contributed by atoms with van der Waals surface area (Å²) in [7, 11) is 0. The molecule has 1 atom stereocenters. The fourth-order valence-electron chi connectivity index (χ4n) is 2.47. The molecule has 3 aromatic carbocycles. The van der Waals surface area contributed by atoms with Crippen molar-refractivity contribution in [2.45, 2.75) is 19.6 Å². The molecule has 122 valence electrons. The van der Waals surface area contributed by atoms with E-state index in [-0.39, 0.29) is 11.9 Å².